The van der Waals surface area contributed by atoms with Crippen LogP contribution in [0.3, 0.4) is 0 Å². The van der Waals surface area contributed by atoms with Crippen LogP contribution in [0.4, 0.5) is 5.69 Å². The van der Waals surface area contributed by atoms with Gasteiger partial charge in [0.2, 0.25) is 15.9 Å². The SMILES string of the molecule is CC(=O)N1CCc2cc(S(=O)(=O)N3CCNCC3)ccc21.Cl. The fraction of sp³-hybridized carbons (Fsp3) is 0.500. The minimum absolute atomic E-state index is 0. The molecule has 0 aliphatic carbocycles. The Labute approximate surface area is 136 Å². The Morgan fingerprint density at radius 2 is 1.86 bits per heavy atom. The number of nitrogens with one attached hydrogen (secondary N) is 1. The number of carbonyl (C=O) groups is 1. The molecule has 1 aromatic carbocycles. The van der Waals surface area contributed by atoms with Gasteiger partial charge >= 0.3 is 0 Å². The number of rotatable bonds is 2. The number of benzene rings is 1. The molecule has 2 aliphatic heterocycles. The van der Waals surface area contributed by atoms with Crippen molar-refractivity contribution >= 4 is 34.0 Å². The van der Waals surface area contributed by atoms with E-state index in [1.807, 2.05) is 0 Å². The van der Waals surface area contributed by atoms with Gasteiger partial charge in [0.15, 0.2) is 0 Å². The first kappa shape index (κ1) is 17.2. The van der Waals surface area contributed by atoms with Gasteiger partial charge in [-0.05, 0) is 30.2 Å². The second-order valence-electron chi connectivity index (χ2n) is 5.37. The molecule has 122 valence electrons. The van der Waals surface area contributed by atoms with Crippen LogP contribution in [-0.4, -0.2) is 51.4 Å². The number of halogens is 1. The molecule has 22 heavy (non-hydrogen) atoms. The Kier molecular flexibility index (Phi) is 5.11. The number of fused-ring (bicyclic) bond motifs is 1. The monoisotopic (exact) mass is 345 g/mol. The predicted octanol–water partition coefficient (Wildman–Crippen LogP) is 0.611. The number of anilines is 1. The van der Waals surface area contributed by atoms with E-state index in [0.29, 0.717) is 44.0 Å². The van der Waals surface area contributed by atoms with Gasteiger partial charge in [-0.15, -0.1) is 12.4 Å². The normalized spacial score (nSPS) is 18.7. The number of piperazine rings is 1. The lowest BCUT2D eigenvalue weighted by atomic mass is 10.2. The van der Waals surface area contributed by atoms with E-state index in [1.54, 1.807) is 23.1 Å². The van der Waals surface area contributed by atoms with Crippen LogP contribution in [0.15, 0.2) is 23.1 Å². The molecular weight excluding hydrogens is 326 g/mol. The first-order chi connectivity index (χ1) is 10.00. The molecule has 0 spiro atoms. The maximum absolute atomic E-state index is 12.6. The number of carbonyl (C=O) groups excluding carboxylic acids is 1. The highest BCUT2D eigenvalue weighted by Crippen LogP contribution is 2.31. The summed E-state index contributed by atoms with van der Waals surface area (Å²) in [5, 5.41) is 3.15. The summed E-state index contributed by atoms with van der Waals surface area (Å²) in [6.07, 6.45) is 0.708. The molecule has 0 radical (unpaired) electrons. The van der Waals surface area contributed by atoms with Crippen molar-refractivity contribution in [1.29, 1.82) is 0 Å². The zero-order chi connectivity index (χ0) is 15.0. The van der Waals surface area contributed by atoms with Crippen molar-refractivity contribution in [3.8, 4) is 0 Å². The van der Waals surface area contributed by atoms with Gasteiger partial charge < -0.3 is 10.2 Å². The third-order valence-electron chi connectivity index (χ3n) is 4.04. The lowest BCUT2D eigenvalue weighted by Gasteiger charge is -2.26. The van der Waals surface area contributed by atoms with Gasteiger partial charge in [0, 0.05) is 45.3 Å². The Morgan fingerprint density at radius 3 is 2.50 bits per heavy atom. The lowest BCUT2D eigenvalue weighted by molar-refractivity contribution is -0.116. The number of amides is 1. The van der Waals surface area contributed by atoms with Crippen LogP contribution >= 0.6 is 12.4 Å². The van der Waals surface area contributed by atoms with Crippen LogP contribution in [0.5, 0.6) is 0 Å². The van der Waals surface area contributed by atoms with Crippen LogP contribution in [0.1, 0.15) is 12.5 Å². The van der Waals surface area contributed by atoms with Crippen molar-refractivity contribution < 1.29 is 13.2 Å². The molecule has 0 aromatic heterocycles. The summed E-state index contributed by atoms with van der Waals surface area (Å²) in [6.45, 7) is 4.52. The summed E-state index contributed by atoms with van der Waals surface area (Å²) in [4.78, 5) is 13.5. The fourth-order valence-electron chi connectivity index (χ4n) is 2.90. The van der Waals surface area contributed by atoms with E-state index in [-0.39, 0.29) is 18.3 Å². The van der Waals surface area contributed by atoms with Gasteiger partial charge in [0.1, 0.15) is 0 Å². The molecule has 3 rings (SSSR count). The highest BCUT2D eigenvalue weighted by atomic mass is 35.5. The van der Waals surface area contributed by atoms with E-state index in [1.165, 1.54) is 11.2 Å². The Hall–Kier alpha value is -1.15. The second-order valence-corrected chi connectivity index (χ2v) is 7.30. The smallest absolute Gasteiger partial charge is 0.243 e. The van der Waals surface area contributed by atoms with Crippen molar-refractivity contribution in [2.45, 2.75) is 18.2 Å². The van der Waals surface area contributed by atoms with Crippen LogP contribution in [0, 0.1) is 0 Å². The summed E-state index contributed by atoms with van der Waals surface area (Å²) in [7, 11) is -3.43. The molecule has 0 unspecified atom stereocenters. The molecule has 1 aromatic rings. The van der Waals surface area contributed by atoms with Gasteiger partial charge in [0.05, 0.1) is 4.90 Å². The summed E-state index contributed by atoms with van der Waals surface area (Å²) in [5.74, 6) is -0.00791. The molecule has 1 fully saturated rings. The quantitative estimate of drug-likeness (QED) is 0.852. The van der Waals surface area contributed by atoms with Crippen LogP contribution in [0.2, 0.25) is 0 Å². The highest BCUT2D eigenvalue weighted by molar-refractivity contribution is 7.89. The molecule has 2 aliphatic rings. The molecule has 8 heteroatoms. The van der Waals surface area contributed by atoms with Gasteiger partial charge in [-0.3, -0.25) is 4.79 Å². The Morgan fingerprint density at radius 1 is 1.18 bits per heavy atom. The van der Waals surface area contributed by atoms with E-state index < -0.39 is 10.0 Å². The molecule has 0 bridgehead atoms. The van der Waals surface area contributed by atoms with Gasteiger partial charge in [-0.1, -0.05) is 0 Å². The molecular formula is C14H20ClN3O3S. The molecule has 0 saturated carbocycles. The van der Waals surface area contributed by atoms with Crippen molar-refractivity contribution in [2.75, 3.05) is 37.6 Å². The van der Waals surface area contributed by atoms with Gasteiger partial charge in [-0.2, -0.15) is 4.31 Å². The van der Waals surface area contributed by atoms with E-state index >= 15 is 0 Å². The zero-order valence-corrected chi connectivity index (χ0v) is 14.0. The maximum Gasteiger partial charge on any atom is 0.243 e. The first-order valence-corrected chi connectivity index (χ1v) is 8.56. The maximum atomic E-state index is 12.6. The zero-order valence-electron chi connectivity index (χ0n) is 12.4. The lowest BCUT2D eigenvalue weighted by Crippen LogP contribution is -2.46. The number of hydrogen-bond donors (Lipinski definition) is 1. The van der Waals surface area contributed by atoms with E-state index in [0.717, 1.165) is 11.3 Å². The average molecular weight is 346 g/mol. The third kappa shape index (κ3) is 2.99. The summed E-state index contributed by atoms with van der Waals surface area (Å²) in [5.41, 5.74) is 1.77. The van der Waals surface area contributed by atoms with Crippen LogP contribution < -0.4 is 10.2 Å². The first-order valence-electron chi connectivity index (χ1n) is 7.12. The molecule has 1 saturated heterocycles. The molecule has 6 nitrogen and oxygen atoms in total. The Bertz CT molecular complexity index is 672. The Balaban J connectivity index is 0.00000176. The second kappa shape index (κ2) is 6.54. The van der Waals surface area contributed by atoms with Gasteiger partial charge in [0.25, 0.3) is 0 Å². The molecule has 2 heterocycles. The van der Waals surface area contributed by atoms with Crippen molar-refractivity contribution in [3.63, 3.8) is 0 Å². The molecule has 1 amide bonds. The summed E-state index contributed by atoms with van der Waals surface area (Å²) < 4.78 is 26.8. The minimum atomic E-state index is -3.43. The standard InChI is InChI=1S/C14H19N3O3S.ClH/c1-11(18)17-7-4-12-10-13(2-3-14(12)17)21(19,20)16-8-5-15-6-9-16;/h2-3,10,15H,4-9H2,1H3;1H. The van der Waals surface area contributed by atoms with Crippen molar-refractivity contribution in [3.05, 3.63) is 23.8 Å². The topological polar surface area (TPSA) is 69.7 Å². The molecule has 0 atom stereocenters. The number of nitrogens with zero attached hydrogens (tertiary/aromatic N) is 2. The average Bonchev–Trinajstić information content (AvgIpc) is 2.91. The van der Waals surface area contributed by atoms with Gasteiger partial charge in [-0.25, -0.2) is 8.42 Å². The number of hydrogen-bond acceptors (Lipinski definition) is 4. The fourth-order valence-corrected chi connectivity index (χ4v) is 4.39. The predicted molar refractivity (Wildman–Crippen MR) is 87.0 cm³/mol. The number of sulfonamides is 1. The third-order valence-corrected chi connectivity index (χ3v) is 5.93. The van der Waals surface area contributed by atoms with Crippen LogP contribution in [0.25, 0.3) is 0 Å². The van der Waals surface area contributed by atoms with Crippen LogP contribution in [-0.2, 0) is 21.2 Å². The minimum Gasteiger partial charge on any atom is -0.314 e. The summed E-state index contributed by atoms with van der Waals surface area (Å²) in [6, 6.07) is 5.08. The van der Waals surface area contributed by atoms with E-state index in [4.69, 9.17) is 0 Å². The van der Waals surface area contributed by atoms with E-state index in [9.17, 15) is 13.2 Å². The van der Waals surface area contributed by atoms with E-state index in [2.05, 4.69) is 5.32 Å². The summed E-state index contributed by atoms with van der Waals surface area (Å²) >= 11 is 0. The molecule has 1 N–H and O–H groups in total. The van der Waals surface area contributed by atoms with Crippen molar-refractivity contribution in [2.24, 2.45) is 0 Å². The largest absolute Gasteiger partial charge is 0.314 e. The van der Waals surface area contributed by atoms with Crippen molar-refractivity contribution in [1.82, 2.24) is 9.62 Å². The highest BCUT2D eigenvalue weighted by Gasteiger charge is 2.29.